The highest BCUT2D eigenvalue weighted by Crippen LogP contribution is 2.43. The Balaban J connectivity index is 1.54. The zero-order valence-electron chi connectivity index (χ0n) is 18.4. The molecule has 4 heteroatoms. The molecule has 0 amide bonds. The van der Waals surface area contributed by atoms with Gasteiger partial charge in [0.1, 0.15) is 5.82 Å². The van der Waals surface area contributed by atoms with Crippen molar-refractivity contribution in [3.05, 3.63) is 119 Å². The third kappa shape index (κ3) is 3.62. The lowest BCUT2D eigenvalue weighted by atomic mass is 9.76. The number of aromatic nitrogens is 2. The van der Waals surface area contributed by atoms with Gasteiger partial charge in [-0.2, -0.15) is 0 Å². The molecule has 1 aromatic heterocycles. The Kier molecular flexibility index (Phi) is 5.14. The topological polar surface area (TPSA) is 21.1 Å². The predicted molar refractivity (Wildman–Crippen MR) is 129 cm³/mol. The summed E-state index contributed by atoms with van der Waals surface area (Å²) in [6, 6.07) is 24.2. The highest BCUT2D eigenvalue weighted by atomic mass is 19.1. The SMILES string of the molecule is Cn1cnc(/C=C/c2ccc(C3(C)c4ccccc4CCN3c3ccc(F)cc3)cc2)c1. The van der Waals surface area contributed by atoms with Crippen LogP contribution in [0.2, 0.25) is 0 Å². The summed E-state index contributed by atoms with van der Waals surface area (Å²) in [5.41, 5.74) is 6.62. The quantitative estimate of drug-likeness (QED) is 0.398. The first-order valence-corrected chi connectivity index (χ1v) is 10.9. The molecule has 3 nitrogen and oxygen atoms in total. The molecule has 2 heterocycles. The molecule has 0 aliphatic carbocycles. The maximum absolute atomic E-state index is 13.6. The van der Waals surface area contributed by atoms with E-state index < -0.39 is 0 Å². The summed E-state index contributed by atoms with van der Waals surface area (Å²) < 4.78 is 15.6. The number of nitrogens with zero attached hydrogens (tertiary/aromatic N) is 3. The van der Waals surface area contributed by atoms with Gasteiger partial charge in [-0.25, -0.2) is 9.37 Å². The standard InChI is InChI=1S/C28H26FN3/c1-28(23-10-7-21(8-11-23)9-14-25-19-31(2)20-30-25)27-6-4-3-5-22(27)17-18-32(28)26-15-12-24(29)13-16-26/h3-16,19-20H,17-18H2,1-2H3/b14-9+. The van der Waals surface area contributed by atoms with Gasteiger partial charge in [-0.05, 0) is 65.9 Å². The smallest absolute Gasteiger partial charge is 0.123 e. The fourth-order valence-electron chi connectivity index (χ4n) is 4.75. The van der Waals surface area contributed by atoms with Crippen LogP contribution < -0.4 is 4.90 Å². The normalized spacial score (nSPS) is 18.2. The van der Waals surface area contributed by atoms with Gasteiger partial charge in [0.05, 0.1) is 17.6 Å². The maximum Gasteiger partial charge on any atom is 0.123 e. The van der Waals surface area contributed by atoms with Gasteiger partial charge in [0, 0.05) is 25.5 Å². The Morgan fingerprint density at radius 3 is 2.41 bits per heavy atom. The second-order valence-electron chi connectivity index (χ2n) is 8.53. The summed E-state index contributed by atoms with van der Waals surface area (Å²) in [7, 11) is 1.97. The number of fused-ring (bicyclic) bond motifs is 1. The van der Waals surface area contributed by atoms with Crippen LogP contribution in [0.25, 0.3) is 12.2 Å². The molecule has 1 aliphatic heterocycles. The van der Waals surface area contributed by atoms with Crippen molar-refractivity contribution >= 4 is 17.8 Å². The van der Waals surface area contributed by atoms with Crippen molar-refractivity contribution in [3.63, 3.8) is 0 Å². The molecule has 0 spiro atoms. The van der Waals surface area contributed by atoms with Crippen molar-refractivity contribution in [2.24, 2.45) is 7.05 Å². The van der Waals surface area contributed by atoms with Crippen LogP contribution in [0.3, 0.4) is 0 Å². The first kappa shape index (κ1) is 20.3. The van der Waals surface area contributed by atoms with Crippen molar-refractivity contribution in [1.29, 1.82) is 0 Å². The van der Waals surface area contributed by atoms with Gasteiger partial charge in [-0.15, -0.1) is 0 Å². The van der Waals surface area contributed by atoms with Crippen LogP contribution in [0.1, 0.15) is 34.9 Å². The summed E-state index contributed by atoms with van der Waals surface area (Å²) in [6.07, 6.45) is 8.87. The average molecular weight is 424 g/mol. The molecule has 0 N–H and O–H groups in total. The van der Waals surface area contributed by atoms with E-state index in [1.54, 1.807) is 18.5 Å². The zero-order valence-corrected chi connectivity index (χ0v) is 18.4. The number of hydrogen-bond donors (Lipinski definition) is 0. The minimum atomic E-state index is -0.351. The number of aryl methyl sites for hydroxylation is 1. The summed E-state index contributed by atoms with van der Waals surface area (Å²) in [4.78, 5) is 6.75. The molecule has 1 aliphatic rings. The molecule has 4 aromatic rings. The van der Waals surface area contributed by atoms with Gasteiger partial charge < -0.3 is 9.47 Å². The molecule has 5 rings (SSSR count). The largest absolute Gasteiger partial charge is 0.358 e. The average Bonchev–Trinajstić information content (AvgIpc) is 3.24. The van der Waals surface area contributed by atoms with E-state index in [2.05, 4.69) is 71.4 Å². The van der Waals surface area contributed by atoms with Crippen molar-refractivity contribution in [2.45, 2.75) is 18.9 Å². The lowest BCUT2D eigenvalue weighted by Crippen LogP contribution is -2.49. The van der Waals surface area contributed by atoms with Crippen LogP contribution >= 0.6 is 0 Å². The molecule has 1 atom stereocenters. The second-order valence-corrected chi connectivity index (χ2v) is 8.53. The van der Waals surface area contributed by atoms with Crippen LogP contribution in [0.5, 0.6) is 0 Å². The summed E-state index contributed by atoms with van der Waals surface area (Å²) in [6.45, 7) is 3.15. The summed E-state index contributed by atoms with van der Waals surface area (Å²) in [5, 5.41) is 0. The molecule has 160 valence electrons. The fourth-order valence-corrected chi connectivity index (χ4v) is 4.75. The van der Waals surface area contributed by atoms with E-state index >= 15 is 0 Å². The Labute approximate surface area is 188 Å². The van der Waals surface area contributed by atoms with E-state index in [1.165, 1.54) is 16.7 Å². The Hall–Kier alpha value is -3.66. The monoisotopic (exact) mass is 423 g/mol. The minimum Gasteiger partial charge on any atom is -0.358 e. The molecular weight excluding hydrogens is 397 g/mol. The molecule has 0 bridgehead atoms. The van der Waals surface area contributed by atoms with Gasteiger partial charge >= 0.3 is 0 Å². The lowest BCUT2D eigenvalue weighted by Gasteiger charge is -2.48. The van der Waals surface area contributed by atoms with Crippen LogP contribution in [0, 0.1) is 5.82 Å². The van der Waals surface area contributed by atoms with Crippen LogP contribution in [0.15, 0.2) is 85.3 Å². The molecule has 3 aromatic carbocycles. The summed E-state index contributed by atoms with van der Waals surface area (Å²) in [5.74, 6) is -0.211. The first-order valence-electron chi connectivity index (χ1n) is 10.9. The van der Waals surface area contributed by atoms with Crippen molar-refractivity contribution in [2.75, 3.05) is 11.4 Å². The third-order valence-electron chi connectivity index (χ3n) is 6.47. The van der Waals surface area contributed by atoms with Gasteiger partial charge in [0.25, 0.3) is 0 Å². The van der Waals surface area contributed by atoms with Crippen molar-refractivity contribution in [1.82, 2.24) is 9.55 Å². The number of halogens is 1. The molecular formula is C28H26FN3. The lowest BCUT2D eigenvalue weighted by molar-refractivity contribution is 0.489. The number of imidazole rings is 1. The molecule has 1 unspecified atom stereocenters. The third-order valence-corrected chi connectivity index (χ3v) is 6.47. The van der Waals surface area contributed by atoms with E-state index in [0.29, 0.717) is 0 Å². The molecule has 0 saturated heterocycles. The molecule has 32 heavy (non-hydrogen) atoms. The number of rotatable bonds is 4. The molecule has 0 saturated carbocycles. The van der Waals surface area contributed by atoms with Crippen molar-refractivity contribution < 1.29 is 4.39 Å². The molecule has 0 radical (unpaired) electrons. The van der Waals surface area contributed by atoms with E-state index in [-0.39, 0.29) is 11.4 Å². The second kappa shape index (κ2) is 8.12. The van der Waals surface area contributed by atoms with Crippen LogP contribution in [-0.2, 0) is 19.0 Å². The van der Waals surface area contributed by atoms with Crippen molar-refractivity contribution in [3.8, 4) is 0 Å². The Bertz CT molecular complexity index is 1250. The van der Waals surface area contributed by atoms with E-state index in [1.807, 2.05) is 36.0 Å². The zero-order chi connectivity index (χ0) is 22.1. The Morgan fingerprint density at radius 2 is 1.69 bits per heavy atom. The van der Waals surface area contributed by atoms with E-state index in [9.17, 15) is 4.39 Å². The van der Waals surface area contributed by atoms with Gasteiger partial charge in [-0.3, -0.25) is 0 Å². The minimum absolute atomic E-state index is 0.211. The predicted octanol–water partition coefficient (Wildman–Crippen LogP) is 6.06. The number of anilines is 1. The number of benzene rings is 3. The number of hydrogen-bond acceptors (Lipinski definition) is 2. The maximum atomic E-state index is 13.6. The van der Waals surface area contributed by atoms with E-state index in [4.69, 9.17) is 0 Å². The van der Waals surface area contributed by atoms with Gasteiger partial charge in [0.2, 0.25) is 0 Å². The van der Waals surface area contributed by atoms with Crippen LogP contribution in [0.4, 0.5) is 10.1 Å². The van der Waals surface area contributed by atoms with Crippen LogP contribution in [-0.4, -0.2) is 16.1 Å². The highest BCUT2D eigenvalue weighted by Gasteiger charge is 2.40. The molecule has 0 fully saturated rings. The highest BCUT2D eigenvalue weighted by molar-refractivity contribution is 5.68. The first-order chi connectivity index (χ1) is 15.5. The van der Waals surface area contributed by atoms with Gasteiger partial charge in [0.15, 0.2) is 0 Å². The summed E-state index contributed by atoms with van der Waals surface area (Å²) >= 11 is 0. The van der Waals surface area contributed by atoms with Gasteiger partial charge in [-0.1, -0.05) is 54.6 Å². The van der Waals surface area contributed by atoms with E-state index in [0.717, 1.165) is 29.9 Å². The fraction of sp³-hybridized carbons (Fsp3) is 0.179. The Morgan fingerprint density at radius 1 is 0.938 bits per heavy atom.